The molecule has 0 fully saturated rings. The molecule has 0 aliphatic carbocycles. The van der Waals surface area contributed by atoms with Gasteiger partial charge in [-0.25, -0.2) is 8.42 Å². The van der Waals surface area contributed by atoms with Crippen molar-refractivity contribution in [2.75, 3.05) is 19.0 Å². The summed E-state index contributed by atoms with van der Waals surface area (Å²) < 4.78 is 33.7. The first kappa shape index (κ1) is 23.3. The summed E-state index contributed by atoms with van der Waals surface area (Å²) in [6.07, 6.45) is 0. The fraction of sp³-hybridized carbons (Fsp3) is 0.136. The molecule has 6 nitrogen and oxygen atoms in total. The molecule has 162 valence electrons. The van der Waals surface area contributed by atoms with E-state index < -0.39 is 15.9 Å². The third-order valence-electron chi connectivity index (χ3n) is 4.42. The quantitative estimate of drug-likeness (QED) is 0.454. The standard InChI is InChI=1S/C22H20BrClN2O4S/c1-30-21-5-3-2-4-20(21)25-22(27)15-26(14-16-6-10-18(24)11-7-16)31(28,29)19-12-8-17(23)9-13-19/h2-13H,14-15H2,1H3,(H,25,27). The van der Waals surface area contributed by atoms with Gasteiger partial charge in [-0.3, -0.25) is 4.79 Å². The zero-order valence-electron chi connectivity index (χ0n) is 16.6. The summed E-state index contributed by atoms with van der Waals surface area (Å²) in [5.41, 5.74) is 1.16. The number of nitrogens with zero attached hydrogens (tertiary/aromatic N) is 1. The van der Waals surface area contributed by atoms with Gasteiger partial charge in [0.2, 0.25) is 15.9 Å². The number of carbonyl (C=O) groups excluding carboxylic acids is 1. The van der Waals surface area contributed by atoms with E-state index in [-0.39, 0.29) is 18.0 Å². The zero-order valence-corrected chi connectivity index (χ0v) is 19.7. The number of sulfonamides is 1. The van der Waals surface area contributed by atoms with Crippen LogP contribution in [0.25, 0.3) is 0 Å². The van der Waals surface area contributed by atoms with E-state index in [1.165, 1.54) is 19.2 Å². The summed E-state index contributed by atoms with van der Waals surface area (Å²) in [5.74, 6) is -0.00461. The molecule has 3 aromatic rings. The Bertz CT molecular complexity index is 1150. The van der Waals surface area contributed by atoms with Crippen molar-refractivity contribution in [1.29, 1.82) is 0 Å². The van der Waals surface area contributed by atoms with Gasteiger partial charge in [0.05, 0.1) is 24.2 Å². The predicted octanol–water partition coefficient (Wildman–Crippen LogP) is 4.94. The van der Waals surface area contributed by atoms with E-state index in [0.717, 1.165) is 8.78 Å². The number of carbonyl (C=O) groups is 1. The number of hydrogen-bond donors (Lipinski definition) is 1. The highest BCUT2D eigenvalue weighted by molar-refractivity contribution is 9.10. The molecule has 0 spiro atoms. The number of ether oxygens (including phenoxy) is 1. The fourth-order valence-corrected chi connectivity index (χ4v) is 4.65. The molecule has 3 aromatic carbocycles. The molecule has 0 unspecified atom stereocenters. The molecule has 0 atom stereocenters. The second-order valence-corrected chi connectivity index (χ2v) is 9.89. The van der Waals surface area contributed by atoms with Crippen LogP contribution in [0.2, 0.25) is 5.02 Å². The second kappa shape index (κ2) is 10.3. The van der Waals surface area contributed by atoms with Crippen LogP contribution < -0.4 is 10.1 Å². The molecule has 0 radical (unpaired) electrons. The zero-order chi connectivity index (χ0) is 22.4. The molecule has 0 aliphatic rings. The normalized spacial score (nSPS) is 11.4. The van der Waals surface area contributed by atoms with Gasteiger partial charge in [0.25, 0.3) is 0 Å². The Balaban J connectivity index is 1.88. The van der Waals surface area contributed by atoms with E-state index in [0.29, 0.717) is 22.0 Å². The van der Waals surface area contributed by atoms with Crippen LogP contribution in [-0.4, -0.2) is 32.3 Å². The number of para-hydroxylation sites is 2. The Hall–Kier alpha value is -2.39. The van der Waals surface area contributed by atoms with E-state index in [9.17, 15) is 13.2 Å². The predicted molar refractivity (Wildman–Crippen MR) is 125 cm³/mol. The minimum atomic E-state index is -3.94. The number of anilines is 1. The third kappa shape index (κ3) is 6.07. The van der Waals surface area contributed by atoms with E-state index in [2.05, 4.69) is 21.2 Å². The van der Waals surface area contributed by atoms with Gasteiger partial charge in [-0.05, 0) is 54.1 Å². The van der Waals surface area contributed by atoms with Crippen molar-refractivity contribution in [2.45, 2.75) is 11.4 Å². The molecule has 0 bridgehead atoms. The van der Waals surface area contributed by atoms with Crippen LogP contribution in [-0.2, 0) is 21.4 Å². The maximum absolute atomic E-state index is 13.3. The molecule has 31 heavy (non-hydrogen) atoms. The van der Waals surface area contributed by atoms with E-state index in [1.54, 1.807) is 60.7 Å². The van der Waals surface area contributed by atoms with Gasteiger partial charge in [-0.1, -0.05) is 51.8 Å². The summed E-state index contributed by atoms with van der Waals surface area (Å²) in [7, 11) is -2.45. The Morgan fingerprint density at radius 3 is 2.32 bits per heavy atom. The lowest BCUT2D eigenvalue weighted by molar-refractivity contribution is -0.116. The minimum Gasteiger partial charge on any atom is -0.495 e. The lowest BCUT2D eigenvalue weighted by Gasteiger charge is -2.22. The van der Waals surface area contributed by atoms with Crippen LogP contribution in [0.5, 0.6) is 5.75 Å². The molecule has 0 saturated heterocycles. The molecular weight excluding hydrogens is 504 g/mol. The van der Waals surface area contributed by atoms with E-state index >= 15 is 0 Å². The molecule has 0 heterocycles. The second-order valence-electron chi connectivity index (χ2n) is 6.60. The van der Waals surface area contributed by atoms with Crippen LogP contribution in [0.15, 0.2) is 82.2 Å². The first-order valence-corrected chi connectivity index (χ1v) is 11.8. The van der Waals surface area contributed by atoms with Gasteiger partial charge in [-0.2, -0.15) is 4.31 Å². The lowest BCUT2D eigenvalue weighted by atomic mass is 10.2. The van der Waals surface area contributed by atoms with E-state index in [1.807, 2.05) is 0 Å². The van der Waals surface area contributed by atoms with Gasteiger partial charge < -0.3 is 10.1 Å². The fourth-order valence-electron chi connectivity index (χ4n) is 2.87. The number of benzene rings is 3. The molecule has 0 aliphatic heterocycles. The van der Waals surface area contributed by atoms with Gasteiger partial charge in [0, 0.05) is 16.0 Å². The average Bonchev–Trinajstić information content (AvgIpc) is 2.75. The molecule has 1 N–H and O–H groups in total. The number of hydrogen-bond acceptors (Lipinski definition) is 4. The van der Waals surface area contributed by atoms with Crippen molar-refractivity contribution in [2.24, 2.45) is 0 Å². The van der Waals surface area contributed by atoms with Gasteiger partial charge >= 0.3 is 0 Å². The van der Waals surface area contributed by atoms with Gasteiger partial charge in [0.1, 0.15) is 5.75 Å². The SMILES string of the molecule is COc1ccccc1NC(=O)CN(Cc1ccc(Cl)cc1)S(=O)(=O)c1ccc(Br)cc1. The van der Waals surface area contributed by atoms with Crippen molar-refractivity contribution in [3.8, 4) is 5.75 Å². The molecule has 9 heteroatoms. The van der Waals surface area contributed by atoms with Crippen LogP contribution in [0.4, 0.5) is 5.69 Å². The van der Waals surface area contributed by atoms with Crippen molar-refractivity contribution in [1.82, 2.24) is 4.31 Å². The Morgan fingerprint density at radius 1 is 1.03 bits per heavy atom. The first-order chi connectivity index (χ1) is 14.8. The van der Waals surface area contributed by atoms with Gasteiger partial charge in [0.15, 0.2) is 0 Å². The Morgan fingerprint density at radius 2 is 1.68 bits per heavy atom. The minimum absolute atomic E-state index is 0.00884. The van der Waals surface area contributed by atoms with Crippen molar-refractivity contribution >= 4 is 49.1 Å². The van der Waals surface area contributed by atoms with Crippen molar-refractivity contribution in [3.63, 3.8) is 0 Å². The van der Waals surface area contributed by atoms with Crippen LogP contribution >= 0.6 is 27.5 Å². The third-order valence-corrected chi connectivity index (χ3v) is 7.01. The number of amides is 1. The maximum atomic E-state index is 13.3. The highest BCUT2D eigenvalue weighted by Gasteiger charge is 2.27. The van der Waals surface area contributed by atoms with Crippen LogP contribution in [0, 0.1) is 0 Å². The number of nitrogens with one attached hydrogen (secondary N) is 1. The summed E-state index contributed by atoms with van der Waals surface area (Å²) in [6, 6.07) is 20.0. The molecule has 3 rings (SSSR count). The first-order valence-electron chi connectivity index (χ1n) is 9.22. The van der Waals surface area contributed by atoms with Crippen LogP contribution in [0.3, 0.4) is 0 Å². The molecule has 1 amide bonds. The summed E-state index contributed by atoms with van der Waals surface area (Å²) >= 11 is 9.24. The molecular formula is C22H20BrClN2O4S. The summed E-state index contributed by atoms with van der Waals surface area (Å²) in [6.45, 7) is -0.367. The summed E-state index contributed by atoms with van der Waals surface area (Å²) in [5, 5.41) is 3.26. The molecule has 0 saturated carbocycles. The lowest BCUT2D eigenvalue weighted by Crippen LogP contribution is -2.37. The highest BCUT2D eigenvalue weighted by atomic mass is 79.9. The largest absolute Gasteiger partial charge is 0.495 e. The molecule has 0 aromatic heterocycles. The van der Waals surface area contributed by atoms with Crippen molar-refractivity contribution in [3.05, 3.63) is 87.9 Å². The van der Waals surface area contributed by atoms with Gasteiger partial charge in [-0.15, -0.1) is 0 Å². The average molecular weight is 524 g/mol. The summed E-state index contributed by atoms with van der Waals surface area (Å²) in [4.78, 5) is 12.9. The monoisotopic (exact) mass is 522 g/mol. The number of rotatable bonds is 8. The maximum Gasteiger partial charge on any atom is 0.243 e. The van der Waals surface area contributed by atoms with E-state index in [4.69, 9.17) is 16.3 Å². The number of halogens is 2. The Labute approximate surface area is 195 Å². The Kier molecular flexibility index (Phi) is 7.72. The van der Waals surface area contributed by atoms with Crippen LogP contribution in [0.1, 0.15) is 5.56 Å². The van der Waals surface area contributed by atoms with Crippen molar-refractivity contribution < 1.29 is 17.9 Å². The smallest absolute Gasteiger partial charge is 0.243 e. The number of methoxy groups -OCH3 is 1. The highest BCUT2D eigenvalue weighted by Crippen LogP contribution is 2.24. The topological polar surface area (TPSA) is 75.7 Å².